The summed E-state index contributed by atoms with van der Waals surface area (Å²) in [5.74, 6) is 0. The third-order valence-electron chi connectivity index (χ3n) is 3.37. The molecule has 0 saturated heterocycles. The molecule has 114 valence electrons. The van der Waals surface area contributed by atoms with Crippen LogP contribution in [0.15, 0.2) is 34.4 Å². The lowest BCUT2D eigenvalue weighted by Crippen LogP contribution is -3.06. The topological polar surface area (TPSA) is 20.6 Å². The molecule has 2 aromatic rings. The van der Waals surface area contributed by atoms with E-state index < -0.39 is 0 Å². The highest BCUT2D eigenvalue weighted by Crippen LogP contribution is 2.28. The summed E-state index contributed by atoms with van der Waals surface area (Å²) in [6.45, 7) is 6.38. The molecule has 0 aliphatic rings. The second-order valence-electron chi connectivity index (χ2n) is 5.69. The number of halogens is 1. The number of aromatic nitrogens is 1. The molecule has 0 spiro atoms. The van der Waals surface area contributed by atoms with Crippen molar-refractivity contribution in [2.24, 2.45) is 0 Å². The van der Waals surface area contributed by atoms with Crippen molar-refractivity contribution in [2.75, 3.05) is 27.2 Å². The van der Waals surface area contributed by atoms with Crippen LogP contribution in [0.3, 0.4) is 0 Å². The molecule has 0 aromatic carbocycles. The average molecular weight is 369 g/mol. The number of nitrogens with zero attached hydrogens (tertiary/aromatic N) is 2. The lowest BCUT2D eigenvalue weighted by Gasteiger charge is -2.22. The van der Waals surface area contributed by atoms with Crippen molar-refractivity contribution in [2.45, 2.75) is 20.0 Å². The van der Waals surface area contributed by atoms with Gasteiger partial charge in [-0.2, -0.15) is 0 Å². The fourth-order valence-electron chi connectivity index (χ4n) is 2.16. The first-order valence-corrected chi connectivity index (χ1v) is 8.80. The number of likely N-dealkylation sites (N-methyl/N-ethyl adjacent to an activating group) is 1. The van der Waals surface area contributed by atoms with Gasteiger partial charge in [-0.25, -0.2) is 0 Å². The number of hydrogen-bond acceptors (Lipinski definition) is 3. The molecule has 0 amide bonds. The molecule has 2 rings (SSSR count). The monoisotopic (exact) mass is 368 g/mol. The Labute approximate surface area is 139 Å². The minimum Gasteiger partial charge on any atom is -0.339 e. The fraction of sp³-hybridized carbons (Fsp3) is 0.438. The van der Waals surface area contributed by atoms with E-state index in [0.29, 0.717) is 0 Å². The highest BCUT2D eigenvalue weighted by atomic mass is 79.9. The molecule has 2 aromatic heterocycles. The van der Waals surface area contributed by atoms with Crippen molar-refractivity contribution in [3.8, 4) is 0 Å². The van der Waals surface area contributed by atoms with Gasteiger partial charge in [0.1, 0.15) is 0 Å². The largest absolute Gasteiger partial charge is 0.339 e. The van der Waals surface area contributed by atoms with Crippen molar-refractivity contribution in [1.82, 2.24) is 9.88 Å². The van der Waals surface area contributed by atoms with Crippen LogP contribution in [-0.4, -0.2) is 37.1 Å². The molecule has 0 atom stereocenters. The van der Waals surface area contributed by atoms with E-state index in [9.17, 15) is 0 Å². The van der Waals surface area contributed by atoms with E-state index in [1.807, 2.05) is 23.7 Å². The third-order valence-corrected chi connectivity index (χ3v) is 5.49. The van der Waals surface area contributed by atoms with Gasteiger partial charge in [-0.05, 0) is 52.2 Å². The number of rotatable bonds is 7. The maximum absolute atomic E-state index is 4.10. The SMILES string of the molecule is Cc1cc(CN(CC[NH+](C)C)Cc2ccncc2)sc1Br. The molecule has 1 N–H and O–H groups in total. The Hall–Kier alpha value is -0.750. The Morgan fingerprint density at radius 1 is 1.24 bits per heavy atom. The maximum atomic E-state index is 4.10. The van der Waals surface area contributed by atoms with Crippen molar-refractivity contribution >= 4 is 27.3 Å². The van der Waals surface area contributed by atoms with E-state index in [-0.39, 0.29) is 0 Å². The normalized spacial score (nSPS) is 11.5. The fourth-order valence-corrected chi connectivity index (χ4v) is 3.83. The molecule has 0 unspecified atom stereocenters. The van der Waals surface area contributed by atoms with Crippen molar-refractivity contribution in [1.29, 1.82) is 0 Å². The number of quaternary nitrogens is 1. The zero-order chi connectivity index (χ0) is 15.2. The van der Waals surface area contributed by atoms with Crippen LogP contribution in [0.1, 0.15) is 16.0 Å². The highest BCUT2D eigenvalue weighted by Gasteiger charge is 2.11. The number of thiophene rings is 1. The second-order valence-corrected chi connectivity index (χ2v) is 8.15. The van der Waals surface area contributed by atoms with Crippen molar-refractivity contribution in [3.63, 3.8) is 0 Å². The van der Waals surface area contributed by atoms with E-state index in [2.05, 4.69) is 65.0 Å². The van der Waals surface area contributed by atoms with E-state index in [0.717, 1.165) is 26.2 Å². The van der Waals surface area contributed by atoms with Gasteiger partial charge in [0.25, 0.3) is 0 Å². The minimum atomic E-state index is 0.977. The zero-order valence-electron chi connectivity index (χ0n) is 12.9. The minimum absolute atomic E-state index is 0.977. The molecule has 0 saturated carbocycles. The molecule has 0 fully saturated rings. The Kier molecular flexibility index (Phi) is 6.36. The van der Waals surface area contributed by atoms with Crippen molar-refractivity contribution in [3.05, 3.63) is 50.4 Å². The van der Waals surface area contributed by atoms with Gasteiger partial charge >= 0.3 is 0 Å². The van der Waals surface area contributed by atoms with Crippen LogP contribution >= 0.6 is 27.3 Å². The Morgan fingerprint density at radius 3 is 2.52 bits per heavy atom. The van der Waals surface area contributed by atoms with Crippen LogP contribution in [0.2, 0.25) is 0 Å². The second kappa shape index (κ2) is 8.03. The average Bonchev–Trinajstić information content (AvgIpc) is 2.76. The number of pyridine rings is 1. The van der Waals surface area contributed by atoms with Crippen LogP contribution in [0, 0.1) is 6.92 Å². The molecular weight excluding hydrogens is 346 g/mol. The lowest BCUT2D eigenvalue weighted by atomic mass is 10.2. The summed E-state index contributed by atoms with van der Waals surface area (Å²) in [7, 11) is 4.41. The van der Waals surface area contributed by atoms with Crippen LogP contribution < -0.4 is 4.90 Å². The number of hydrogen-bond donors (Lipinski definition) is 1. The predicted molar refractivity (Wildman–Crippen MR) is 92.8 cm³/mol. The maximum Gasteiger partial charge on any atom is 0.0896 e. The van der Waals surface area contributed by atoms with Crippen LogP contribution in [-0.2, 0) is 13.1 Å². The molecule has 2 heterocycles. The highest BCUT2D eigenvalue weighted by molar-refractivity contribution is 9.11. The summed E-state index contributed by atoms with van der Waals surface area (Å²) in [5.41, 5.74) is 2.66. The summed E-state index contributed by atoms with van der Waals surface area (Å²) < 4.78 is 1.25. The molecule has 0 bridgehead atoms. The molecule has 0 aliphatic heterocycles. The summed E-state index contributed by atoms with van der Waals surface area (Å²) in [4.78, 5) is 9.52. The van der Waals surface area contributed by atoms with Crippen molar-refractivity contribution < 1.29 is 4.90 Å². The van der Waals surface area contributed by atoms with Gasteiger partial charge in [0, 0.05) is 36.9 Å². The quantitative estimate of drug-likeness (QED) is 0.809. The van der Waals surface area contributed by atoms with Gasteiger partial charge in [0.2, 0.25) is 0 Å². The summed E-state index contributed by atoms with van der Waals surface area (Å²) >= 11 is 5.47. The summed E-state index contributed by atoms with van der Waals surface area (Å²) in [6, 6.07) is 6.49. The first-order valence-electron chi connectivity index (χ1n) is 7.19. The molecule has 0 aliphatic carbocycles. The van der Waals surface area contributed by atoms with Gasteiger partial charge in [0.15, 0.2) is 0 Å². The van der Waals surface area contributed by atoms with Crippen LogP contribution in [0.25, 0.3) is 0 Å². The summed E-state index contributed by atoms with van der Waals surface area (Å²) in [6.07, 6.45) is 3.74. The first-order chi connectivity index (χ1) is 10.0. The first kappa shape index (κ1) is 16.6. The summed E-state index contributed by atoms with van der Waals surface area (Å²) in [5, 5.41) is 0. The number of nitrogens with one attached hydrogen (secondary N) is 1. The molecule has 3 nitrogen and oxygen atoms in total. The van der Waals surface area contributed by atoms with E-state index in [4.69, 9.17) is 0 Å². The van der Waals surface area contributed by atoms with E-state index >= 15 is 0 Å². The molecule has 5 heteroatoms. The van der Waals surface area contributed by atoms with Crippen LogP contribution in [0.5, 0.6) is 0 Å². The molecule has 0 radical (unpaired) electrons. The van der Waals surface area contributed by atoms with Gasteiger partial charge in [-0.1, -0.05) is 0 Å². The van der Waals surface area contributed by atoms with E-state index in [1.165, 1.54) is 24.7 Å². The lowest BCUT2D eigenvalue weighted by molar-refractivity contribution is -0.857. The molecular formula is C16H23BrN3S+. The third kappa shape index (κ3) is 5.51. The predicted octanol–water partition coefficient (Wildman–Crippen LogP) is 2.36. The van der Waals surface area contributed by atoms with Gasteiger partial charge in [-0.15, -0.1) is 11.3 Å². The Morgan fingerprint density at radius 2 is 1.95 bits per heavy atom. The van der Waals surface area contributed by atoms with Crippen LogP contribution in [0.4, 0.5) is 0 Å². The molecule has 21 heavy (non-hydrogen) atoms. The standard InChI is InChI=1S/C16H22BrN3S/c1-13-10-15(21-16(13)17)12-20(9-8-19(2)3)11-14-4-6-18-7-5-14/h4-7,10H,8-9,11-12H2,1-3H3/p+1. The van der Waals surface area contributed by atoms with Gasteiger partial charge < -0.3 is 4.90 Å². The van der Waals surface area contributed by atoms with Gasteiger partial charge in [-0.3, -0.25) is 9.88 Å². The Bertz CT molecular complexity index is 534. The Balaban J connectivity index is 2.04. The smallest absolute Gasteiger partial charge is 0.0896 e. The van der Waals surface area contributed by atoms with Gasteiger partial charge in [0.05, 0.1) is 24.4 Å². The zero-order valence-corrected chi connectivity index (χ0v) is 15.3. The number of aryl methyl sites for hydroxylation is 1. The van der Waals surface area contributed by atoms with E-state index in [1.54, 1.807) is 0 Å².